The Morgan fingerprint density at radius 3 is 2.59 bits per heavy atom. The highest BCUT2D eigenvalue weighted by molar-refractivity contribution is 6.00. The fourth-order valence-corrected chi connectivity index (χ4v) is 3.31. The van der Waals surface area contributed by atoms with Crippen molar-refractivity contribution in [2.24, 2.45) is 0 Å². The molecule has 1 fully saturated rings. The van der Waals surface area contributed by atoms with Crippen LogP contribution in [0.5, 0.6) is 5.75 Å². The Hall–Kier alpha value is -3.29. The van der Waals surface area contributed by atoms with Crippen molar-refractivity contribution in [3.63, 3.8) is 0 Å². The van der Waals surface area contributed by atoms with Gasteiger partial charge in [0.05, 0.1) is 12.1 Å². The lowest BCUT2D eigenvalue weighted by Gasteiger charge is -2.35. The topological polar surface area (TPSA) is 94.7 Å². The van der Waals surface area contributed by atoms with Crippen molar-refractivity contribution >= 4 is 23.4 Å². The van der Waals surface area contributed by atoms with E-state index in [-0.39, 0.29) is 24.3 Å². The summed E-state index contributed by atoms with van der Waals surface area (Å²) in [5.41, 5.74) is 1.96. The largest absolute Gasteiger partial charge is 0.482 e. The number of anilines is 1. The summed E-state index contributed by atoms with van der Waals surface area (Å²) < 4.78 is 5.32. The number of amides is 3. The molecule has 8 heteroatoms. The Kier molecular flexibility index (Phi) is 4.53. The first-order chi connectivity index (χ1) is 13.1. The number of carbonyl (C=O) groups is 3. The number of ether oxygens (including phenoxy) is 1. The van der Waals surface area contributed by atoms with Crippen LogP contribution in [0.4, 0.5) is 5.69 Å². The van der Waals surface area contributed by atoms with Crippen LogP contribution in [0.25, 0.3) is 0 Å². The Morgan fingerprint density at radius 1 is 1.07 bits per heavy atom. The van der Waals surface area contributed by atoms with E-state index >= 15 is 0 Å². The smallest absolute Gasteiger partial charge is 0.262 e. The molecule has 1 saturated heterocycles. The van der Waals surface area contributed by atoms with Gasteiger partial charge in [0.1, 0.15) is 5.75 Å². The van der Waals surface area contributed by atoms with Crippen LogP contribution in [-0.2, 0) is 16.0 Å². The molecule has 1 aromatic heterocycles. The van der Waals surface area contributed by atoms with Gasteiger partial charge in [-0.15, -0.1) is 0 Å². The molecular formula is C19H20N4O4. The highest BCUT2D eigenvalue weighted by atomic mass is 16.5. The number of nitrogens with one attached hydrogen (secondary N) is 2. The van der Waals surface area contributed by atoms with E-state index in [4.69, 9.17) is 4.74 Å². The molecule has 0 saturated carbocycles. The Morgan fingerprint density at radius 2 is 1.85 bits per heavy atom. The van der Waals surface area contributed by atoms with Crippen LogP contribution >= 0.6 is 0 Å². The van der Waals surface area contributed by atoms with Crippen LogP contribution in [0.1, 0.15) is 15.9 Å². The minimum absolute atomic E-state index is 0.0148. The average molecular weight is 368 g/mol. The van der Waals surface area contributed by atoms with Crippen molar-refractivity contribution in [1.29, 1.82) is 0 Å². The molecule has 2 N–H and O–H groups in total. The van der Waals surface area contributed by atoms with E-state index in [1.807, 2.05) is 12.3 Å². The van der Waals surface area contributed by atoms with Crippen LogP contribution in [0.15, 0.2) is 36.7 Å². The molecule has 3 heterocycles. The number of aromatic amines is 1. The van der Waals surface area contributed by atoms with Crippen molar-refractivity contribution in [3.8, 4) is 5.75 Å². The molecule has 8 nitrogen and oxygen atoms in total. The molecule has 2 aliphatic rings. The molecule has 0 radical (unpaired) electrons. The summed E-state index contributed by atoms with van der Waals surface area (Å²) in [6.07, 6.45) is 3.98. The third-order valence-electron chi connectivity index (χ3n) is 4.80. The highest BCUT2D eigenvalue weighted by Gasteiger charge is 2.26. The number of fused-ring (bicyclic) bond motifs is 1. The first-order valence-corrected chi connectivity index (χ1v) is 8.85. The van der Waals surface area contributed by atoms with E-state index < -0.39 is 0 Å². The van der Waals surface area contributed by atoms with E-state index in [2.05, 4.69) is 10.3 Å². The highest BCUT2D eigenvalue weighted by Crippen LogP contribution is 2.29. The maximum atomic E-state index is 12.8. The number of hydrogen-bond donors (Lipinski definition) is 2. The minimum atomic E-state index is -0.235. The summed E-state index contributed by atoms with van der Waals surface area (Å²) in [5, 5.41) is 2.71. The number of rotatable bonds is 3. The van der Waals surface area contributed by atoms with Crippen molar-refractivity contribution in [2.45, 2.75) is 6.42 Å². The zero-order valence-electron chi connectivity index (χ0n) is 14.7. The van der Waals surface area contributed by atoms with E-state index in [0.29, 0.717) is 49.6 Å². The molecule has 4 rings (SSSR count). The van der Waals surface area contributed by atoms with E-state index in [1.165, 1.54) is 0 Å². The fraction of sp³-hybridized carbons (Fsp3) is 0.316. The lowest BCUT2D eigenvalue weighted by molar-refractivity contribution is -0.131. The molecule has 140 valence electrons. The number of benzene rings is 1. The third-order valence-corrected chi connectivity index (χ3v) is 4.80. The maximum absolute atomic E-state index is 12.8. The molecular weight excluding hydrogens is 348 g/mol. The van der Waals surface area contributed by atoms with Crippen LogP contribution in [0.3, 0.4) is 0 Å². The number of H-pyrrole nitrogens is 1. The van der Waals surface area contributed by atoms with Gasteiger partial charge in [-0.2, -0.15) is 0 Å². The monoisotopic (exact) mass is 368 g/mol. The van der Waals surface area contributed by atoms with Crippen LogP contribution in [0, 0.1) is 0 Å². The molecule has 0 bridgehead atoms. The molecule has 1 aromatic carbocycles. The maximum Gasteiger partial charge on any atom is 0.262 e. The summed E-state index contributed by atoms with van der Waals surface area (Å²) in [6.45, 7) is 1.98. The first kappa shape index (κ1) is 17.1. The second kappa shape index (κ2) is 7.14. The fourth-order valence-electron chi connectivity index (χ4n) is 3.31. The van der Waals surface area contributed by atoms with Gasteiger partial charge < -0.3 is 24.8 Å². The summed E-state index contributed by atoms with van der Waals surface area (Å²) >= 11 is 0. The molecule has 2 aromatic rings. The predicted octanol–water partition coefficient (Wildman–Crippen LogP) is 0.873. The molecule has 27 heavy (non-hydrogen) atoms. The third kappa shape index (κ3) is 3.64. The SMILES string of the molecule is O=C1COc2ccc(C(=O)N3CCN(C(=O)Cc4cc[nH]c4)CC3)cc2N1. The lowest BCUT2D eigenvalue weighted by Crippen LogP contribution is -2.51. The van der Waals surface area contributed by atoms with Gasteiger partial charge in [0.2, 0.25) is 5.91 Å². The normalized spacial score (nSPS) is 16.4. The van der Waals surface area contributed by atoms with E-state index in [0.717, 1.165) is 5.56 Å². The van der Waals surface area contributed by atoms with Gasteiger partial charge in [0.15, 0.2) is 6.61 Å². The van der Waals surface area contributed by atoms with Crippen LogP contribution < -0.4 is 10.1 Å². The quantitative estimate of drug-likeness (QED) is 0.841. The predicted molar refractivity (Wildman–Crippen MR) is 97.5 cm³/mol. The Labute approximate surface area is 156 Å². The van der Waals surface area contributed by atoms with E-state index in [9.17, 15) is 14.4 Å². The minimum Gasteiger partial charge on any atom is -0.482 e. The second-order valence-corrected chi connectivity index (χ2v) is 6.62. The Balaban J connectivity index is 1.36. The molecule has 3 amide bonds. The van der Waals surface area contributed by atoms with Crippen molar-refractivity contribution < 1.29 is 19.1 Å². The van der Waals surface area contributed by atoms with Crippen molar-refractivity contribution in [3.05, 3.63) is 47.8 Å². The standard InChI is InChI=1S/C19H20N4O4/c24-17-12-27-16-2-1-14(10-15(16)21-17)19(26)23-7-5-22(6-8-23)18(25)9-13-3-4-20-11-13/h1-4,10-11,20H,5-9,12H2,(H,21,24). The van der Waals surface area contributed by atoms with Gasteiger partial charge in [-0.05, 0) is 29.8 Å². The summed E-state index contributed by atoms with van der Waals surface area (Å²) in [5.74, 6) is 0.277. The lowest BCUT2D eigenvalue weighted by atomic mass is 10.1. The summed E-state index contributed by atoms with van der Waals surface area (Å²) in [7, 11) is 0. The number of piperazine rings is 1. The van der Waals surface area contributed by atoms with Crippen LogP contribution in [0.2, 0.25) is 0 Å². The summed E-state index contributed by atoms with van der Waals surface area (Å²) in [4.78, 5) is 43.0. The Bertz CT molecular complexity index is 870. The van der Waals surface area contributed by atoms with Gasteiger partial charge in [0, 0.05) is 44.1 Å². The number of aromatic nitrogens is 1. The second-order valence-electron chi connectivity index (χ2n) is 6.62. The average Bonchev–Trinajstić information content (AvgIpc) is 3.20. The molecule has 0 spiro atoms. The van der Waals surface area contributed by atoms with Crippen molar-refractivity contribution in [2.75, 3.05) is 38.1 Å². The summed E-state index contributed by atoms with van der Waals surface area (Å²) in [6, 6.07) is 6.91. The van der Waals surface area contributed by atoms with Gasteiger partial charge in [0.25, 0.3) is 11.8 Å². The van der Waals surface area contributed by atoms with Crippen LogP contribution in [-0.4, -0.2) is 65.3 Å². The molecule has 2 aliphatic heterocycles. The zero-order chi connectivity index (χ0) is 18.8. The molecule has 0 unspecified atom stereocenters. The van der Waals surface area contributed by atoms with Crippen molar-refractivity contribution in [1.82, 2.24) is 14.8 Å². The van der Waals surface area contributed by atoms with Gasteiger partial charge in [-0.25, -0.2) is 0 Å². The molecule has 0 aliphatic carbocycles. The number of hydrogen-bond acceptors (Lipinski definition) is 4. The van der Waals surface area contributed by atoms with Gasteiger partial charge in [-0.1, -0.05) is 0 Å². The number of carbonyl (C=O) groups excluding carboxylic acids is 3. The number of nitrogens with zero attached hydrogens (tertiary/aromatic N) is 2. The van der Waals surface area contributed by atoms with Gasteiger partial charge >= 0.3 is 0 Å². The zero-order valence-corrected chi connectivity index (χ0v) is 14.7. The molecule has 0 atom stereocenters. The first-order valence-electron chi connectivity index (χ1n) is 8.85. The van der Waals surface area contributed by atoms with Gasteiger partial charge in [-0.3, -0.25) is 14.4 Å². The van der Waals surface area contributed by atoms with E-state index in [1.54, 1.807) is 34.2 Å².